The predicted octanol–water partition coefficient (Wildman–Crippen LogP) is 3.61. The van der Waals surface area contributed by atoms with Crippen molar-refractivity contribution in [1.82, 2.24) is 5.32 Å². The molecular formula is C14H13FN2S. The first-order chi connectivity index (χ1) is 8.69. The molecule has 1 atom stereocenters. The largest absolute Gasteiger partial charge is 0.305 e. The van der Waals surface area contributed by atoms with Crippen molar-refractivity contribution in [3.63, 3.8) is 0 Å². The second-order valence-electron chi connectivity index (χ2n) is 4.07. The minimum atomic E-state index is -0.220. The summed E-state index contributed by atoms with van der Waals surface area (Å²) in [6.45, 7) is 2.75. The van der Waals surface area contributed by atoms with E-state index in [-0.39, 0.29) is 11.9 Å². The molecule has 2 rings (SSSR count). The van der Waals surface area contributed by atoms with Gasteiger partial charge in [-0.25, -0.2) is 4.39 Å². The molecule has 1 unspecified atom stereocenters. The molecule has 0 spiro atoms. The van der Waals surface area contributed by atoms with Crippen molar-refractivity contribution >= 4 is 11.3 Å². The molecule has 4 heteroatoms. The number of benzene rings is 1. The van der Waals surface area contributed by atoms with Crippen LogP contribution in [0.1, 0.15) is 29.0 Å². The van der Waals surface area contributed by atoms with Gasteiger partial charge in [0, 0.05) is 22.8 Å². The maximum atomic E-state index is 12.8. The number of hydrogen-bond donors (Lipinski definition) is 1. The summed E-state index contributed by atoms with van der Waals surface area (Å²) in [5, 5.41) is 13.9. The summed E-state index contributed by atoms with van der Waals surface area (Å²) < 4.78 is 12.8. The van der Waals surface area contributed by atoms with Crippen molar-refractivity contribution in [1.29, 1.82) is 5.26 Å². The van der Waals surface area contributed by atoms with Gasteiger partial charge in [-0.05, 0) is 30.7 Å². The maximum absolute atomic E-state index is 12.8. The summed E-state index contributed by atoms with van der Waals surface area (Å²) in [6.07, 6.45) is 0. The average molecular weight is 260 g/mol. The van der Waals surface area contributed by atoms with Gasteiger partial charge in [0.1, 0.15) is 11.9 Å². The molecule has 0 radical (unpaired) electrons. The van der Waals surface area contributed by atoms with E-state index in [4.69, 9.17) is 5.26 Å². The zero-order valence-electron chi connectivity index (χ0n) is 9.98. The highest BCUT2D eigenvalue weighted by Gasteiger charge is 2.06. The van der Waals surface area contributed by atoms with Gasteiger partial charge >= 0.3 is 0 Å². The van der Waals surface area contributed by atoms with Crippen LogP contribution >= 0.6 is 11.3 Å². The molecule has 18 heavy (non-hydrogen) atoms. The summed E-state index contributed by atoms with van der Waals surface area (Å²) in [6, 6.07) is 10.6. The molecule has 2 aromatic rings. The van der Waals surface area contributed by atoms with Gasteiger partial charge in [0.05, 0.1) is 5.56 Å². The third-order valence-corrected chi connectivity index (χ3v) is 3.67. The second kappa shape index (κ2) is 5.76. The molecule has 0 bridgehead atoms. The number of nitrogens with one attached hydrogen (secondary N) is 1. The lowest BCUT2D eigenvalue weighted by atomic mass is 10.1. The van der Waals surface area contributed by atoms with E-state index >= 15 is 0 Å². The van der Waals surface area contributed by atoms with Gasteiger partial charge in [-0.3, -0.25) is 0 Å². The minimum Gasteiger partial charge on any atom is -0.305 e. The standard InChI is InChI=1S/C14H13FN2S/c1-10(12-2-4-13(15)5-3-12)17-8-14-6-11(7-16)9-18-14/h2-6,9-10,17H,8H2,1H3. The lowest BCUT2D eigenvalue weighted by molar-refractivity contribution is 0.575. The molecule has 1 aromatic heterocycles. The van der Waals surface area contributed by atoms with Crippen molar-refractivity contribution in [3.8, 4) is 6.07 Å². The van der Waals surface area contributed by atoms with Crippen LogP contribution in [0.3, 0.4) is 0 Å². The van der Waals surface area contributed by atoms with Gasteiger partial charge in [-0.1, -0.05) is 12.1 Å². The number of thiophene rings is 1. The molecule has 0 fully saturated rings. The molecule has 2 nitrogen and oxygen atoms in total. The normalized spacial score (nSPS) is 12.1. The zero-order valence-corrected chi connectivity index (χ0v) is 10.8. The van der Waals surface area contributed by atoms with Gasteiger partial charge in [0.25, 0.3) is 0 Å². The van der Waals surface area contributed by atoms with E-state index < -0.39 is 0 Å². The molecule has 0 saturated heterocycles. The van der Waals surface area contributed by atoms with Crippen molar-refractivity contribution in [2.24, 2.45) is 0 Å². The van der Waals surface area contributed by atoms with E-state index in [1.807, 2.05) is 18.4 Å². The van der Waals surface area contributed by atoms with E-state index in [9.17, 15) is 4.39 Å². The summed E-state index contributed by atoms with van der Waals surface area (Å²) in [5.74, 6) is -0.220. The van der Waals surface area contributed by atoms with Crippen LogP contribution in [-0.2, 0) is 6.54 Å². The Morgan fingerprint density at radius 2 is 2.11 bits per heavy atom. The number of hydrogen-bond acceptors (Lipinski definition) is 3. The molecule has 1 heterocycles. The van der Waals surface area contributed by atoms with Gasteiger partial charge in [-0.15, -0.1) is 11.3 Å². The predicted molar refractivity (Wildman–Crippen MR) is 70.7 cm³/mol. The summed E-state index contributed by atoms with van der Waals surface area (Å²) in [5.41, 5.74) is 1.75. The first-order valence-corrected chi connectivity index (χ1v) is 6.53. The quantitative estimate of drug-likeness (QED) is 0.911. The van der Waals surface area contributed by atoms with E-state index in [2.05, 4.69) is 11.4 Å². The van der Waals surface area contributed by atoms with Crippen molar-refractivity contribution in [2.45, 2.75) is 19.5 Å². The zero-order chi connectivity index (χ0) is 13.0. The number of halogens is 1. The van der Waals surface area contributed by atoms with Gasteiger partial charge < -0.3 is 5.32 Å². The van der Waals surface area contributed by atoms with Crippen LogP contribution in [0.25, 0.3) is 0 Å². The fraction of sp³-hybridized carbons (Fsp3) is 0.214. The second-order valence-corrected chi connectivity index (χ2v) is 5.06. The Labute approximate surface area is 110 Å². The fourth-order valence-corrected chi connectivity index (χ4v) is 2.42. The molecule has 1 aromatic carbocycles. The van der Waals surface area contributed by atoms with E-state index in [0.29, 0.717) is 12.1 Å². The van der Waals surface area contributed by atoms with Crippen LogP contribution in [0, 0.1) is 17.1 Å². The smallest absolute Gasteiger partial charge is 0.123 e. The molecular weight excluding hydrogens is 247 g/mol. The van der Waals surface area contributed by atoms with Crippen molar-refractivity contribution in [2.75, 3.05) is 0 Å². The van der Waals surface area contributed by atoms with Crippen LogP contribution in [0.5, 0.6) is 0 Å². The van der Waals surface area contributed by atoms with Crippen LogP contribution < -0.4 is 5.32 Å². The number of nitriles is 1. The molecule has 0 aliphatic rings. The lowest BCUT2D eigenvalue weighted by Gasteiger charge is -2.13. The Bertz CT molecular complexity index is 554. The maximum Gasteiger partial charge on any atom is 0.123 e. The van der Waals surface area contributed by atoms with Crippen LogP contribution in [0.4, 0.5) is 4.39 Å². The number of rotatable bonds is 4. The topological polar surface area (TPSA) is 35.8 Å². The Balaban J connectivity index is 1.94. The van der Waals surface area contributed by atoms with E-state index in [1.54, 1.807) is 23.5 Å². The van der Waals surface area contributed by atoms with Crippen molar-refractivity contribution in [3.05, 3.63) is 57.5 Å². The highest BCUT2D eigenvalue weighted by molar-refractivity contribution is 7.10. The first kappa shape index (κ1) is 12.7. The molecule has 92 valence electrons. The van der Waals surface area contributed by atoms with Gasteiger partial charge in [-0.2, -0.15) is 5.26 Å². The van der Waals surface area contributed by atoms with Crippen LogP contribution in [0.15, 0.2) is 35.7 Å². The molecule has 0 amide bonds. The van der Waals surface area contributed by atoms with E-state index in [0.717, 1.165) is 10.4 Å². The highest BCUT2D eigenvalue weighted by Crippen LogP contribution is 2.17. The Morgan fingerprint density at radius 1 is 1.39 bits per heavy atom. The molecule has 0 aliphatic carbocycles. The third kappa shape index (κ3) is 3.16. The van der Waals surface area contributed by atoms with Crippen LogP contribution in [-0.4, -0.2) is 0 Å². The summed E-state index contributed by atoms with van der Waals surface area (Å²) >= 11 is 1.57. The lowest BCUT2D eigenvalue weighted by Crippen LogP contribution is -2.17. The van der Waals surface area contributed by atoms with Crippen molar-refractivity contribution < 1.29 is 4.39 Å². The monoisotopic (exact) mass is 260 g/mol. The summed E-state index contributed by atoms with van der Waals surface area (Å²) in [4.78, 5) is 1.13. The Morgan fingerprint density at radius 3 is 2.72 bits per heavy atom. The Hall–Kier alpha value is -1.70. The fourth-order valence-electron chi connectivity index (χ4n) is 1.65. The molecule has 0 saturated carbocycles. The van der Waals surface area contributed by atoms with E-state index in [1.165, 1.54) is 12.1 Å². The number of nitrogens with zero attached hydrogens (tertiary/aromatic N) is 1. The third-order valence-electron chi connectivity index (χ3n) is 2.74. The minimum absolute atomic E-state index is 0.151. The summed E-state index contributed by atoms with van der Waals surface area (Å²) in [7, 11) is 0. The van der Waals surface area contributed by atoms with Gasteiger partial charge in [0.2, 0.25) is 0 Å². The average Bonchev–Trinajstić information content (AvgIpc) is 2.85. The van der Waals surface area contributed by atoms with Gasteiger partial charge in [0.15, 0.2) is 0 Å². The Kier molecular flexibility index (Phi) is 4.08. The first-order valence-electron chi connectivity index (χ1n) is 5.65. The molecule has 1 N–H and O–H groups in total. The SMILES string of the molecule is CC(NCc1cc(C#N)cs1)c1ccc(F)cc1. The van der Waals surface area contributed by atoms with Crippen LogP contribution in [0.2, 0.25) is 0 Å². The molecule has 0 aliphatic heterocycles. The highest BCUT2D eigenvalue weighted by atomic mass is 32.1.